The molecule has 0 saturated heterocycles. The van der Waals surface area contributed by atoms with E-state index in [0.29, 0.717) is 34.3 Å². The number of hydrogen-bond acceptors (Lipinski definition) is 8. The molecule has 2 unspecified atom stereocenters. The summed E-state index contributed by atoms with van der Waals surface area (Å²) < 4.78 is 16.3. The number of carbonyl (C=O) groups is 2. The van der Waals surface area contributed by atoms with E-state index in [1.54, 1.807) is 12.1 Å². The Hall–Kier alpha value is -4.60. The number of nitrogens with zero attached hydrogens (tertiary/aromatic N) is 3. The first-order chi connectivity index (χ1) is 20.8. The van der Waals surface area contributed by atoms with Crippen LogP contribution in [0.15, 0.2) is 106 Å². The normalized spacial score (nSPS) is 18.8. The van der Waals surface area contributed by atoms with Crippen molar-refractivity contribution in [1.29, 1.82) is 0 Å². The van der Waals surface area contributed by atoms with Gasteiger partial charge < -0.3 is 15.2 Å². The van der Waals surface area contributed by atoms with Crippen molar-refractivity contribution in [3.05, 3.63) is 118 Å². The van der Waals surface area contributed by atoms with Crippen molar-refractivity contribution in [3.8, 4) is 0 Å². The lowest BCUT2D eigenvalue weighted by atomic mass is 9.78. The van der Waals surface area contributed by atoms with E-state index < -0.39 is 17.9 Å². The van der Waals surface area contributed by atoms with Crippen molar-refractivity contribution in [3.63, 3.8) is 0 Å². The van der Waals surface area contributed by atoms with Crippen LogP contribution in [0.3, 0.4) is 0 Å². The number of allylic oxidation sites excluding steroid dienone is 2. The maximum atomic E-state index is 13.9. The van der Waals surface area contributed by atoms with Crippen LogP contribution in [0.25, 0.3) is 11.0 Å². The third-order valence-corrected chi connectivity index (χ3v) is 8.71. The lowest BCUT2D eigenvalue weighted by Crippen LogP contribution is -2.48. The Bertz CT molecular complexity index is 1640. The van der Waals surface area contributed by atoms with E-state index >= 15 is 0 Å². The van der Waals surface area contributed by atoms with Crippen LogP contribution in [-0.4, -0.2) is 60.6 Å². The van der Waals surface area contributed by atoms with E-state index in [9.17, 15) is 9.59 Å². The highest BCUT2D eigenvalue weighted by Gasteiger charge is 2.49. The van der Waals surface area contributed by atoms with Gasteiger partial charge in [-0.25, -0.2) is 14.2 Å². The van der Waals surface area contributed by atoms with Gasteiger partial charge in [0.25, 0.3) is 0 Å². The molecule has 2 atom stereocenters. The molecule has 2 N–H and O–H groups in total. The van der Waals surface area contributed by atoms with Gasteiger partial charge in [0.2, 0.25) is 0 Å². The molecule has 9 heteroatoms. The number of aromatic nitrogens is 2. The summed E-state index contributed by atoms with van der Waals surface area (Å²) in [5.74, 6) is -1.78. The van der Waals surface area contributed by atoms with Gasteiger partial charge in [0.05, 0.1) is 26.6 Å². The maximum absolute atomic E-state index is 13.9. The molecule has 1 aromatic heterocycles. The first-order valence-electron chi connectivity index (χ1n) is 14.4. The molecule has 2 heterocycles. The van der Waals surface area contributed by atoms with Gasteiger partial charge in [-0.15, -0.1) is 0 Å². The van der Waals surface area contributed by atoms with Gasteiger partial charge in [-0.3, -0.25) is 4.48 Å². The van der Waals surface area contributed by atoms with Gasteiger partial charge in [0.1, 0.15) is 40.2 Å². The Balaban J connectivity index is 1.67. The summed E-state index contributed by atoms with van der Waals surface area (Å²) in [5.41, 5.74) is 11.9. The molecule has 0 saturated carbocycles. The van der Waals surface area contributed by atoms with E-state index in [-0.39, 0.29) is 23.6 Å². The van der Waals surface area contributed by atoms with Crippen LogP contribution in [0, 0.1) is 0 Å². The van der Waals surface area contributed by atoms with Gasteiger partial charge in [0.15, 0.2) is 0 Å². The summed E-state index contributed by atoms with van der Waals surface area (Å²) in [6.07, 6.45) is 0.742. The summed E-state index contributed by atoms with van der Waals surface area (Å²) in [5, 5.41) is 8.11. The Kier molecular flexibility index (Phi) is 8.84. The van der Waals surface area contributed by atoms with Gasteiger partial charge in [-0.05, 0) is 33.1 Å². The number of ether oxygens (including phenoxy) is 2. The third kappa shape index (κ3) is 5.61. The largest absolute Gasteiger partial charge is 0.465 e. The lowest BCUT2D eigenvalue weighted by Gasteiger charge is -2.43. The number of hydrogen-bond donors (Lipinski definition) is 1. The summed E-state index contributed by atoms with van der Waals surface area (Å²) in [4.78, 5) is 27.5. The van der Waals surface area contributed by atoms with Gasteiger partial charge in [-0.2, -0.15) is 0 Å². The minimum atomic E-state index is -0.807. The smallest absolute Gasteiger partial charge is 0.340 e. The number of esters is 2. The highest BCUT2D eigenvalue weighted by molar-refractivity contribution is 6.00. The fourth-order valence-corrected chi connectivity index (χ4v) is 6.21. The molecule has 5 rings (SSSR count). The number of methoxy groups -OCH3 is 1. The minimum Gasteiger partial charge on any atom is -0.465 e. The van der Waals surface area contributed by atoms with Crippen LogP contribution < -0.4 is 5.73 Å². The zero-order valence-corrected chi connectivity index (χ0v) is 24.9. The molecule has 0 spiro atoms. The van der Waals surface area contributed by atoms with Crippen LogP contribution in [0.5, 0.6) is 0 Å². The highest BCUT2D eigenvalue weighted by Crippen LogP contribution is 2.47. The van der Waals surface area contributed by atoms with Crippen LogP contribution in [0.4, 0.5) is 0 Å². The van der Waals surface area contributed by atoms with E-state index in [1.165, 1.54) is 18.2 Å². The Morgan fingerprint density at radius 2 is 1.49 bits per heavy atom. The second kappa shape index (κ2) is 12.7. The number of quaternary nitrogens is 1. The second-order valence-electron chi connectivity index (χ2n) is 10.9. The predicted octanol–water partition coefficient (Wildman–Crippen LogP) is 5.21. The molecule has 0 aliphatic carbocycles. The van der Waals surface area contributed by atoms with E-state index in [0.717, 1.165) is 17.8 Å². The SMILES string of the molecule is COC(=O)C1=C(C)[N+](C)(CCC(c2ccccc2)c2ccccc2)C(C)=C(C(=O)OCCN)C1c1cccc2nonc12. The van der Waals surface area contributed by atoms with Gasteiger partial charge in [-0.1, -0.05) is 72.8 Å². The van der Waals surface area contributed by atoms with Crippen LogP contribution in [0.2, 0.25) is 0 Å². The van der Waals surface area contributed by atoms with E-state index in [1.807, 2.05) is 63.4 Å². The van der Waals surface area contributed by atoms with Crippen molar-refractivity contribution in [2.75, 3.05) is 33.9 Å². The van der Waals surface area contributed by atoms with Crippen molar-refractivity contribution in [2.24, 2.45) is 5.73 Å². The molecule has 4 aromatic rings. The zero-order chi connectivity index (χ0) is 30.6. The zero-order valence-electron chi connectivity index (χ0n) is 24.9. The molecule has 0 radical (unpaired) electrons. The van der Waals surface area contributed by atoms with Crippen molar-refractivity contribution in [1.82, 2.24) is 10.3 Å². The molecule has 0 bridgehead atoms. The van der Waals surface area contributed by atoms with Gasteiger partial charge >= 0.3 is 11.9 Å². The molecule has 0 fully saturated rings. The summed E-state index contributed by atoms with van der Waals surface area (Å²) in [6.45, 7) is 4.69. The van der Waals surface area contributed by atoms with E-state index in [4.69, 9.17) is 19.8 Å². The van der Waals surface area contributed by atoms with Gasteiger partial charge in [0, 0.05) is 32.7 Å². The monoisotopic (exact) mass is 581 g/mol. The summed E-state index contributed by atoms with van der Waals surface area (Å²) >= 11 is 0. The second-order valence-corrected chi connectivity index (χ2v) is 10.9. The molecule has 1 aliphatic rings. The lowest BCUT2D eigenvalue weighted by molar-refractivity contribution is -0.836. The molecule has 43 heavy (non-hydrogen) atoms. The average Bonchev–Trinajstić information content (AvgIpc) is 3.53. The minimum absolute atomic E-state index is 0.0438. The molecule has 1 aliphatic heterocycles. The Morgan fingerprint density at radius 3 is 2.07 bits per heavy atom. The van der Waals surface area contributed by atoms with E-state index in [2.05, 4.69) is 34.6 Å². The number of carbonyl (C=O) groups excluding carboxylic acids is 2. The fraction of sp³-hybridized carbons (Fsp3) is 0.294. The quantitative estimate of drug-likeness (QED) is 0.200. The molecule has 3 aromatic carbocycles. The summed E-state index contributed by atoms with van der Waals surface area (Å²) in [7, 11) is 3.38. The summed E-state index contributed by atoms with van der Waals surface area (Å²) in [6, 6.07) is 26.1. The first kappa shape index (κ1) is 29.9. The third-order valence-electron chi connectivity index (χ3n) is 8.71. The highest BCUT2D eigenvalue weighted by atomic mass is 16.6. The molecule has 9 nitrogen and oxygen atoms in total. The Morgan fingerprint density at radius 1 is 0.884 bits per heavy atom. The first-order valence-corrected chi connectivity index (χ1v) is 14.4. The van der Waals surface area contributed by atoms with Crippen molar-refractivity contribution in [2.45, 2.75) is 32.1 Å². The Labute approximate surface area is 251 Å². The number of rotatable bonds is 10. The van der Waals surface area contributed by atoms with Crippen molar-refractivity contribution < 1.29 is 28.2 Å². The number of fused-ring (bicyclic) bond motifs is 1. The van der Waals surface area contributed by atoms with Crippen LogP contribution in [0.1, 0.15) is 48.8 Å². The predicted molar refractivity (Wildman–Crippen MR) is 162 cm³/mol. The molecular weight excluding hydrogens is 544 g/mol. The molecular formula is C34H37N4O5+. The standard InChI is InChI=1S/C34H37N4O5/c1-22-29(33(39)41-4)31(27-16-11-17-28-32(27)37-43-36-28)30(34(40)42-21-19-35)23(2)38(22,3)20-18-26(24-12-7-5-8-13-24)25-14-9-6-10-15-25/h5-17,26,31H,18-21,35H2,1-4H3/q+1. The fourth-order valence-electron chi connectivity index (χ4n) is 6.21. The maximum Gasteiger partial charge on any atom is 0.340 e. The van der Waals surface area contributed by atoms with Crippen molar-refractivity contribution >= 4 is 23.0 Å². The topological polar surface area (TPSA) is 118 Å². The van der Waals surface area contributed by atoms with Crippen LogP contribution >= 0.6 is 0 Å². The number of benzene rings is 3. The molecule has 222 valence electrons. The average molecular weight is 582 g/mol. The van der Waals surface area contributed by atoms with Crippen LogP contribution in [-0.2, 0) is 19.1 Å². The number of nitrogens with two attached hydrogens (primary N) is 1. The molecule has 0 amide bonds.